The molecule has 4 saturated carbocycles. The Hall–Kier alpha value is -2.70. The van der Waals surface area contributed by atoms with Gasteiger partial charge in [-0.3, -0.25) is 9.59 Å². The van der Waals surface area contributed by atoms with Crippen molar-refractivity contribution >= 4 is 11.8 Å². The summed E-state index contributed by atoms with van der Waals surface area (Å²) in [7, 11) is 0. The van der Waals surface area contributed by atoms with Gasteiger partial charge in [0.1, 0.15) is 12.7 Å². The van der Waals surface area contributed by atoms with Gasteiger partial charge in [-0.1, -0.05) is 12.1 Å². The third-order valence-electron chi connectivity index (χ3n) is 7.61. The number of carbonyl (C=O) groups excluding carboxylic acids is 2. The molecular formula is C24H31N5O2. The molecule has 1 unspecified atom stereocenters. The van der Waals surface area contributed by atoms with E-state index in [1.807, 2.05) is 31.2 Å². The Morgan fingerprint density at radius 2 is 1.74 bits per heavy atom. The molecule has 4 aliphatic rings. The lowest BCUT2D eigenvalue weighted by Crippen LogP contribution is -2.53. The maximum Gasteiger partial charge on any atom is 0.226 e. The molecule has 6 rings (SSSR count). The van der Waals surface area contributed by atoms with Gasteiger partial charge in [-0.05, 0) is 80.9 Å². The third-order valence-corrected chi connectivity index (χ3v) is 7.61. The molecule has 2 amide bonds. The maximum absolute atomic E-state index is 13.0. The topological polar surface area (TPSA) is 88.9 Å². The van der Waals surface area contributed by atoms with Gasteiger partial charge >= 0.3 is 0 Å². The highest BCUT2D eigenvalue weighted by Crippen LogP contribution is 2.60. The number of hydrogen-bond donors (Lipinski definition) is 2. The van der Waals surface area contributed by atoms with Crippen molar-refractivity contribution < 1.29 is 9.59 Å². The quantitative estimate of drug-likeness (QED) is 0.719. The summed E-state index contributed by atoms with van der Waals surface area (Å²) >= 11 is 0. The van der Waals surface area contributed by atoms with Gasteiger partial charge in [0.25, 0.3) is 0 Å². The lowest BCUT2D eigenvalue weighted by atomic mass is 9.49. The zero-order chi connectivity index (χ0) is 21.4. The Labute approximate surface area is 183 Å². The number of aromatic nitrogens is 3. The molecule has 7 nitrogen and oxygen atoms in total. The van der Waals surface area contributed by atoms with Crippen LogP contribution in [0.3, 0.4) is 0 Å². The lowest BCUT2D eigenvalue weighted by molar-refractivity contribution is -0.146. The van der Waals surface area contributed by atoms with Gasteiger partial charge in [-0.2, -0.15) is 5.10 Å². The van der Waals surface area contributed by atoms with E-state index < -0.39 is 0 Å². The molecule has 1 atom stereocenters. The zero-order valence-corrected chi connectivity index (χ0v) is 18.1. The smallest absolute Gasteiger partial charge is 0.226 e. The van der Waals surface area contributed by atoms with Gasteiger partial charge in [0.15, 0.2) is 0 Å². The molecule has 31 heavy (non-hydrogen) atoms. The van der Waals surface area contributed by atoms with Crippen molar-refractivity contribution in [2.24, 2.45) is 23.2 Å². The van der Waals surface area contributed by atoms with Gasteiger partial charge in [0.05, 0.1) is 11.7 Å². The summed E-state index contributed by atoms with van der Waals surface area (Å²) < 4.78 is 1.69. The number of nitrogens with one attached hydrogen (secondary N) is 2. The van der Waals surface area contributed by atoms with Crippen LogP contribution in [0.1, 0.15) is 63.5 Å². The van der Waals surface area contributed by atoms with Crippen molar-refractivity contribution in [3.63, 3.8) is 0 Å². The van der Waals surface area contributed by atoms with Crippen LogP contribution in [0.2, 0.25) is 0 Å². The van der Waals surface area contributed by atoms with Crippen molar-refractivity contribution in [3.05, 3.63) is 42.5 Å². The average Bonchev–Trinajstić information content (AvgIpc) is 3.28. The van der Waals surface area contributed by atoms with E-state index in [1.54, 1.807) is 11.0 Å². The van der Waals surface area contributed by atoms with Crippen LogP contribution in [-0.2, 0) is 9.59 Å². The second kappa shape index (κ2) is 8.09. The predicted molar refractivity (Wildman–Crippen MR) is 116 cm³/mol. The summed E-state index contributed by atoms with van der Waals surface area (Å²) in [5.41, 5.74) is 1.80. The van der Waals surface area contributed by atoms with E-state index >= 15 is 0 Å². The average molecular weight is 422 g/mol. The number of rotatable bonds is 7. The predicted octanol–water partition coefficient (Wildman–Crippen LogP) is 3.17. The molecular weight excluding hydrogens is 390 g/mol. The fourth-order valence-electron chi connectivity index (χ4n) is 6.52. The summed E-state index contributed by atoms with van der Waals surface area (Å²) in [6, 6.07) is 7.78. The highest BCUT2D eigenvalue weighted by Gasteiger charge is 2.54. The highest BCUT2D eigenvalue weighted by atomic mass is 16.2. The largest absolute Gasteiger partial charge is 0.355 e. The Bertz CT molecular complexity index is 902. The van der Waals surface area contributed by atoms with Crippen LogP contribution in [0.5, 0.6) is 0 Å². The number of amides is 2. The molecule has 1 heterocycles. The molecule has 1 aromatic carbocycles. The van der Waals surface area contributed by atoms with Gasteiger partial charge in [0, 0.05) is 18.4 Å². The van der Waals surface area contributed by atoms with E-state index in [9.17, 15) is 9.59 Å². The molecule has 1 aromatic heterocycles. The van der Waals surface area contributed by atoms with Crippen LogP contribution in [-0.4, -0.2) is 33.1 Å². The SMILES string of the molecule is CC(NC(=O)CCNC(=O)C12CC3CC(CC(C3)C1)C2)c1ccc(-n2cncn2)cc1. The minimum atomic E-state index is -0.148. The Balaban J connectivity index is 1.09. The number of hydrogen-bond acceptors (Lipinski definition) is 4. The first-order valence-electron chi connectivity index (χ1n) is 11.5. The second-order valence-corrected chi connectivity index (χ2v) is 9.92. The molecule has 7 heteroatoms. The summed E-state index contributed by atoms with van der Waals surface area (Å²) in [6.45, 7) is 2.38. The van der Waals surface area contributed by atoms with Crippen molar-refractivity contribution in [3.8, 4) is 5.69 Å². The van der Waals surface area contributed by atoms with Crippen LogP contribution in [0.25, 0.3) is 5.69 Å². The second-order valence-electron chi connectivity index (χ2n) is 9.92. The fourth-order valence-corrected chi connectivity index (χ4v) is 6.52. The molecule has 0 saturated heterocycles. The zero-order valence-electron chi connectivity index (χ0n) is 18.1. The first-order valence-corrected chi connectivity index (χ1v) is 11.5. The minimum Gasteiger partial charge on any atom is -0.355 e. The Morgan fingerprint density at radius 3 is 2.32 bits per heavy atom. The molecule has 4 fully saturated rings. The maximum atomic E-state index is 13.0. The van der Waals surface area contributed by atoms with Crippen molar-refractivity contribution in [2.75, 3.05) is 6.54 Å². The highest BCUT2D eigenvalue weighted by molar-refractivity contribution is 5.84. The number of nitrogens with zero attached hydrogens (tertiary/aromatic N) is 3. The molecule has 0 spiro atoms. The van der Waals surface area contributed by atoms with E-state index in [2.05, 4.69) is 20.7 Å². The van der Waals surface area contributed by atoms with Crippen molar-refractivity contribution in [1.82, 2.24) is 25.4 Å². The summed E-state index contributed by atoms with van der Waals surface area (Å²) in [4.78, 5) is 29.4. The van der Waals surface area contributed by atoms with Crippen LogP contribution < -0.4 is 10.6 Å². The van der Waals surface area contributed by atoms with Crippen LogP contribution in [0.4, 0.5) is 0 Å². The van der Waals surface area contributed by atoms with Crippen LogP contribution in [0, 0.1) is 23.2 Å². The van der Waals surface area contributed by atoms with E-state index in [0.717, 1.165) is 48.3 Å². The molecule has 2 N–H and O–H groups in total. The number of benzene rings is 1. The Kier molecular flexibility index (Phi) is 5.28. The lowest BCUT2D eigenvalue weighted by Gasteiger charge is -2.55. The van der Waals surface area contributed by atoms with E-state index in [-0.39, 0.29) is 23.3 Å². The third kappa shape index (κ3) is 4.10. The first kappa shape index (κ1) is 20.2. The first-order chi connectivity index (χ1) is 15.0. The normalized spacial score (nSPS) is 29.5. The van der Waals surface area contributed by atoms with Crippen molar-refractivity contribution in [1.29, 1.82) is 0 Å². The van der Waals surface area contributed by atoms with Gasteiger partial charge in [0.2, 0.25) is 11.8 Å². The fraction of sp³-hybridized carbons (Fsp3) is 0.583. The van der Waals surface area contributed by atoms with Crippen molar-refractivity contribution in [2.45, 2.75) is 57.9 Å². The summed E-state index contributed by atoms with van der Waals surface area (Å²) in [5.74, 6) is 2.39. The molecule has 0 radical (unpaired) electrons. The molecule has 0 aliphatic heterocycles. The van der Waals surface area contributed by atoms with E-state index in [4.69, 9.17) is 0 Å². The molecule has 164 valence electrons. The number of carbonyl (C=O) groups is 2. The van der Waals surface area contributed by atoms with Crippen LogP contribution >= 0.6 is 0 Å². The van der Waals surface area contributed by atoms with Crippen LogP contribution in [0.15, 0.2) is 36.9 Å². The molecule has 4 bridgehead atoms. The van der Waals surface area contributed by atoms with E-state index in [0.29, 0.717) is 13.0 Å². The minimum absolute atomic E-state index is 0.0429. The van der Waals surface area contributed by atoms with E-state index in [1.165, 1.54) is 25.6 Å². The van der Waals surface area contributed by atoms with Gasteiger partial charge in [-0.25, -0.2) is 9.67 Å². The monoisotopic (exact) mass is 421 g/mol. The summed E-state index contributed by atoms with van der Waals surface area (Å²) in [5, 5.41) is 10.2. The molecule has 4 aliphatic carbocycles. The summed E-state index contributed by atoms with van der Waals surface area (Å²) in [6.07, 6.45) is 10.6. The van der Waals surface area contributed by atoms with Gasteiger partial charge < -0.3 is 10.6 Å². The molecule has 2 aromatic rings. The Morgan fingerprint density at radius 1 is 1.10 bits per heavy atom. The standard InChI is InChI=1S/C24H31N5O2/c1-16(20-2-4-21(5-3-20)29-15-25-14-27-29)28-22(30)6-7-26-23(31)24-11-17-8-18(12-24)10-19(9-17)13-24/h2-5,14-19H,6-13H2,1H3,(H,26,31)(H,28,30). The van der Waals surface area contributed by atoms with Gasteiger partial charge in [-0.15, -0.1) is 0 Å².